The van der Waals surface area contributed by atoms with E-state index in [0.717, 1.165) is 17.3 Å². The molecule has 1 aliphatic rings. The summed E-state index contributed by atoms with van der Waals surface area (Å²) in [5.74, 6) is 0.830. The minimum Gasteiger partial charge on any atom is -0.497 e. The predicted octanol–water partition coefficient (Wildman–Crippen LogP) is 2.38. The Bertz CT molecular complexity index is 310. The van der Waals surface area contributed by atoms with Gasteiger partial charge in [-0.2, -0.15) is 0 Å². The SMILES string of the molecule is COc1cc(Cl)cc([C@H]2CCN2)c1. The lowest BCUT2D eigenvalue weighted by Gasteiger charge is -2.28. The van der Waals surface area contributed by atoms with E-state index in [1.165, 1.54) is 12.0 Å². The summed E-state index contributed by atoms with van der Waals surface area (Å²) in [6.07, 6.45) is 1.18. The van der Waals surface area contributed by atoms with E-state index in [1.807, 2.05) is 18.2 Å². The van der Waals surface area contributed by atoms with Crippen molar-refractivity contribution in [3.8, 4) is 5.75 Å². The third-order valence-corrected chi connectivity index (χ3v) is 2.57. The van der Waals surface area contributed by atoms with E-state index >= 15 is 0 Å². The van der Waals surface area contributed by atoms with Crippen LogP contribution in [0.4, 0.5) is 0 Å². The average Bonchev–Trinajstić information content (AvgIpc) is 2.00. The summed E-state index contributed by atoms with van der Waals surface area (Å²) in [4.78, 5) is 0. The van der Waals surface area contributed by atoms with Gasteiger partial charge in [-0.05, 0) is 36.7 Å². The fraction of sp³-hybridized carbons (Fsp3) is 0.400. The Morgan fingerprint density at radius 2 is 2.23 bits per heavy atom. The molecule has 0 amide bonds. The molecule has 3 heteroatoms. The number of methoxy groups -OCH3 is 1. The molecular formula is C10H12ClNO. The molecule has 0 spiro atoms. The van der Waals surface area contributed by atoms with Gasteiger partial charge in [-0.1, -0.05) is 11.6 Å². The number of halogens is 1. The standard InChI is InChI=1S/C10H12ClNO/c1-13-9-5-7(4-8(11)6-9)10-2-3-12-10/h4-6,10,12H,2-3H2,1H3/t10-/m1/s1. The summed E-state index contributed by atoms with van der Waals surface area (Å²) in [5, 5.41) is 4.07. The van der Waals surface area contributed by atoms with Crippen molar-refractivity contribution in [2.24, 2.45) is 0 Å². The van der Waals surface area contributed by atoms with Crippen LogP contribution in [0.15, 0.2) is 18.2 Å². The number of ether oxygens (including phenoxy) is 1. The molecule has 0 aliphatic carbocycles. The van der Waals surface area contributed by atoms with Crippen LogP contribution in [0.1, 0.15) is 18.0 Å². The first-order valence-electron chi connectivity index (χ1n) is 4.37. The highest BCUT2D eigenvalue weighted by Crippen LogP contribution is 2.29. The van der Waals surface area contributed by atoms with Gasteiger partial charge in [0.25, 0.3) is 0 Å². The topological polar surface area (TPSA) is 21.3 Å². The Balaban J connectivity index is 2.28. The first-order valence-corrected chi connectivity index (χ1v) is 4.75. The molecule has 0 radical (unpaired) electrons. The van der Waals surface area contributed by atoms with Crippen molar-refractivity contribution in [2.75, 3.05) is 13.7 Å². The summed E-state index contributed by atoms with van der Waals surface area (Å²) in [7, 11) is 1.66. The molecule has 1 aromatic rings. The van der Waals surface area contributed by atoms with Crippen LogP contribution in [0.3, 0.4) is 0 Å². The van der Waals surface area contributed by atoms with Crippen LogP contribution >= 0.6 is 11.6 Å². The zero-order chi connectivity index (χ0) is 9.26. The summed E-state index contributed by atoms with van der Waals surface area (Å²) < 4.78 is 5.14. The first kappa shape index (κ1) is 8.85. The second-order valence-corrected chi connectivity index (χ2v) is 3.66. The van der Waals surface area contributed by atoms with Crippen molar-refractivity contribution in [1.82, 2.24) is 5.32 Å². The Kier molecular flexibility index (Phi) is 2.42. The van der Waals surface area contributed by atoms with Gasteiger partial charge in [0.2, 0.25) is 0 Å². The van der Waals surface area contributed by atoms with Crippen LogP contribution in [-0.4, -0.2) is 13.7 Å². The molecule has 1 N–H and O–H groups in total. The van der Waals surface area contributed by atoms with Gasteiger partial charge >= 0.3 is 0 Å². The lowest BCUT2D eigenvalue weighted by Crippen LogP contribution is -2.34. The summed E-state index contributed by atoms with van der Waals surface area (Å²) in [5.41, 5.74) is 1.22. The number of nitrogens with one attached hydrogen (secondary N) is 1. The van der Waals surface area contributed by atoms with E-state index in [-0.39, 0.29) is 0 Å². The van der Waals surface area contributed by atoms with E-state index in [4.69, 9.17) is 16.3 Å². The minimum atomic E-state index is 0.465. The molecule has 1 heterocycles. The Hall–Kier alpha value is -0.730. The van der Waals surface area contributed by atoms with Crippen LogP contribution in [0.25, 0.3) is 0 Å². The van der Waals surface area contributed by atoms with Gasteiger partial charge in [0.15, 0.2) is 0 Å². The number of hydrogen-bond donors (Lipinski definition) is 1. The summed E-state index contributed by atoms with van der Waals surface area (Å²) in [6, 6.07) is 6.31. The minimum absolute atomic E-state index is 0.465. The highest BCUT2D eigenvalue weighted by Gasteiger charge is 2.19. The van der Waals surface area contributed by atoms with Gasteiger partial charge in [0.1, 0.15) is 5.75 Å². The molecule has 1 atom stereocenters. The zero-order valence-electron chi connectivity index (χ0n) is 7.51. The lowest BCUT2D eigenvalue weighted by atomic mass is 9.98. The molecule has 0 saturated carbocycles. The highest BCUT2D eigenvalue weighted by molar-refractivity contribution is 6.30. The van der Waals surface area contributed by atoms with Crippen LogP contribution in [-0.2, 0) is 0 Å². The van der Waals surface area contributed by atoms with E-state index < -0.39 is 0 Å². The van der Waals surface area contributed by atoms with E-state index in [9.17, 15) is 0 Å². The molecule has 1 saturated heterocycles. The van der Waals surface area contributed by atoms with E-state index in [0.29, 0.717) is 6.04 Å². The highest BCUT2D eigenvalue weighted by atomic mass is 35.5. The van der Waals surface area contributed by atoms with Gasteiger partial charge in [0.05, 0.1) is 7.11 Å². The Morgan fingerprint density at radius 1 is 1.46 bits per heavy atom. The monoisotopic (exact) mass is 197 g/mol. The molecule has 1 fully saturated rings. The van der Waals surface area contributed by atoms with Crippen molar-refractivity contribution >= 4 is 11.6 Å². The second kappa shape index (κ2) is 3.56. The summed E-state index contributed by atoms with van der Waals surface area (Å²) >= 11 is 5.95. The van der Waals surface area contributed by atoms with Crippen LogP contribution < -0.4 is 10.1 Å². The maximum absolute atomic E-state index is 5.95. The Labute approximate surface area is 82.9 Å². The third kappa shape index (κ3) is 1.79. The molecule has 1 aliphatic heterocycles. The molecule has 2 nitrogen and oxygen atoms in total. The van der Waals surface area contributed by atoms with Gasteiger partial charge in [-0.15, -0.1) is 0 Å². The number of benzene rings is 1. The largest absolute Gasteiger partial charge is 0.497 e. The normalized spacial score (nSPS) is 20.9. The molecule has 0 aromatic heterocycles. The first-order chi connectivity index (χ1) is 6.29. The number of rotatable bonds is 2. The molecule has 2 rings (SSSR count). The Morgan fingerprint density at radius 3 is 2.77 bits per heavy atom. The second-order valence-electron chi connectivity index (χ2n) is 3.22. The van der Waals surface area contributed by atoms with Crippen molar-refractivity contribution in [3.63, 3.8) is 0 Å². The van der Waals surface area contributed by atoms with Crippen molar-refractivity contribution in [2.45, 2.75) is 12.5 Å². The van der Waals surface area contributed by atoms with E-state index in [1.54, 1.807) is 7.11 Å². The predicted molar refractivity (Wildman–Crippen MR) is 53.4 cm³/mol. The van der Waals surface area contributed by atoms with Crippen molar-refractivity contribution < 1.29 is 4.74 Å². The van der Waals surface area contributed by atoms with Crippen LogP contribution in [0.2, 0.25) is 5.02 Å². The lowest BCUT2D eigenvalue weighted by molar-refractivity contribution is 0.378. The average molecular weight is 198 g/mol. The molecule has 1 aromatic carbocycles. The fourth-order valence-corrected chi connectivity index (χ4v) is 1.71. The van der Waals surface area contributed by atoms with Gasteiger partial charge < -0.3 is 10.1 Å². The van der Waals surface area contributed by atoms with Crippen molar-refractivity contribution in [1.29, 1.82) is 0 Å². The third-order valence-electron chi connectivity index (χ3n) is 2.36. The maximum Gasteiger partial charge on any atom is 0.120 e. The summed E-state index contributed by atoms with van der Waals surface area (Å²) in [6.45, 7) is 1.10. The molecule has 0 unspecified atom stereocenters. The molecule has 70 valence electrons. The van der Waals surface area contributed by atoms with Crippen LogP contribution in [0, 0.1) is 0 Å². The van der Waals surface area contributed by atoms with Crippen LogP contribution in [0.5, 0.6) is 5.75 Å². The smallest absolute Gasteiger partial charge is 0.120 e. The van der Waals surface area contributed by atoms with Gasteiger partial charge in [-0.25, -0.2) is 0 Å². The molecular weight excluding hydrogens is 186 g/mol. The van der Waals surface area contributed by atoms with Gasteiger partial charge in [-0.3, -0.25) is 0 Å². The number of hydrogen-bond acceptors (Lipinski definition) is 2. The van der Waals surface area contributed by atoms with Gasteiger partial charge in [0, 0.05) is 11.1 Å². The molecule has 13 heavy (non-hydrogen) atoms. The fourth-order valence-electron chi connectivity index (χ4n) is 1.48. The maximum atomic E-state index is 5.95. The van der Waals surface area contributed by atoms with E-state index in [2.05, 4.69) is 5.32 Å². The molecule has 0 bridgehead atoms. The van der Waals surface area contributed by atoms with Crippen molar-refractivity contribution in [3.05, 3.63) is 28.8 Å². The quantitative estimate of drug-likeness (QED) is 0.786. The zero-order valence-corrected chi connectivity index (χ0v) is 8.27.